The molecule has 0 heterocycles. The first-order valence-electron chi connectivity index (χ1n) is 6.76. The molecule has 1 rings (SSSR count). The van der Waals surface area contributed by atoms with Gasteiger partial charge in [0.1, 0.15) is 0 Å². The molecule has 0 bridgehead atoms. The summed E-state index contributed by atoms with van der Waals surface area (Å²) in [4.78, 5) is 2.37. The summed E-state index contributed by atoms with van der Waals surface area (Å²) < 4.78 is 1.14. The van der Waals surface area contributed by atoms with Crippen LogP contribution in [0.15, 0.2) is 22.7 Å². The fraction of sp³-hybridized carbons (Fsp3) is 0.600. The lowest BCUT2D eigenvalue weighted by Gasteiger charge is -2.30. The number of nitrogens with one attached hydrogen (secondary N) is 1. The standard InChI is InChI=1S/C15H25BrN2/c1-6-11(3)18(5)15-10-13(16)8-9-14(15)12(4)17-7-2/h8-12,17H,6-7H2,1-5H3. The summed E-state index contributed by atoms with van der Waals surface area (Å²) in [5, 5.41) is 3.49. The molecular weight excluding hydrogens is 288 g/mol. The molecule has 3 heteroatoms. The Labute approximate surface area is 120 Å². The summed E-state index contributed by atoms with van der Waals surface area (Å²) in [6, 6.07) is 7.48. The minimum absolute atomic E-state index is 0.379. The van der Waals surface area contributed by atoms with Crippen LogP contribution in [0.3, 0.4) is 0 Å². The molecule has 0 saturated heterocycles. The zero-order valence-corrected chi connectivity index (χ0v) is 13.7. The number of rotatable bonds is 6. The number of halogens is 1. The van der Waals surface area contributed by atoms with Crippen LogP contribution >= 0.6 is 15.9 Å². The molecule has 0 radical (unpaired) electrons. The number of nitrogens with zero attached hydrogens (tertiary/aromatic N) is 1. The molecule has 2 atom stereocenters. The molecule has 0 aromatic heterocycles. The smallest absolute Gasteiger partial charge is 0.0425 e. The Hall–Kier alpha value is -0.540. The van der Waals surface area contributed by atoms with Gasteiger partial charge < -0.3 is 10.2 Å². The van der Waals surface area contributed by atoms with Crippen molar-refractivity contribution in [3.8, 4) is 0 Å². The van der Waals surface area contributed by atoms with Crippen LogP contribution in [-0.4, -0.2) is 19.6 Å². The van der Waals surface area contributed by atoms with E-state index in [4.69, 9.17) is 0 Å². The first-order chi connectivity index (χ1) is 8.51. The van der Waals surface area contributed by atoms with Crippen LogP contribution in [0, 0.1) is 0 Å². The van der Waals surface area contributed by atoms with E-state index in [9.17, 15) is 0 Å². The van der Waals surface area contributed by atoms with E-state index in [0.717, 1.165) is 17.4 Å². The highest BCUT2D eigenvalue weighted by molar-refractivity contribution is 9.10. The van der Waals surface area contributed by atoms with Gasteiger partial charge >= 0.3 is 0 Å². The van der Waals surface area contributed by atoms with Gasteiger partial charge in [0.15, 0.2) is 0 Å². The second kappa shape index (κ2) is 7.15. The molecule has 0 aliphatic rings. The van der Waals surface area contributed by atoms with Crippen LogP contribution in [0.4, 0.5) is 5.69 Å². The molecule has 0 saturated carbocycles. The SMILES string of the molecule is CCNC(C)c1ccc(Br)cc1N(C)C(C)CC. The van der Waals surface area contributed by atoms with Crippen molar-refractivity contribution in [1.29, 1.82) is 0 Å². The van der Waals surface area contributed by atoms with Gasteiger partial charge in [-0.25, -0.2) is 0 Å². The summed E-state index contributed by atoms with van der Waals surface area (Å²) in [6.45, 7) is 9.85. The van der Waals surface area contributed by atoms with Crippen molar-refractivity contribution in [1.82, 2.24) is 5.32 Å². The monoisotopic (exact) mass is 312 g/mol. The molecule has 0 amide bonds. The fourth-order valence-corrected chi connectivity index (χ4v) is 2.46. The van der Waals surface area contributed by atoms with Crippen molar-refractivity contribution < 1.29 is 0 Å². The van der Waals surface area contributed by atoms with Gasteiger partial charge in [0.25, 0.3) is 0 Å². The lowest BCUT2D eigenvalue weighted by Crippen LogP contribution is -2.30. The molecule has 0 aliphatic heterocycles. The Bertz CT molecular complexity index is 379. The second-order valence-electron chi connectivity index (χ2n) is 4.85. The molecule has 18 heavy (non-hydrogen) atoms. The normalized spacial score (nSPS) is 14.3. The fourth-order valence-electron chi connectivity index (χ4n) is 2.12. The minimum atomic E-state index is 0.379. The zero-order valence-electron chi connectivity index (χ0n) is 12.1. The molecule has 2 unspecified atom stereocenters. The molecule has 1 N–H and O–H groups in total. The third-order valence-corrected chi connectivity index (χ3v) is 4.09. The van der Waals surface area contributed by atoms with Crippen molar-refractivity contribution in [2.45, 2.75) is 46.2 Å². The largest absolute Gasteiger partial charge is 0.372 e. The van der Waals surface area contributed by atoms with Crippen molar-refractivity contribution in [2.75, 3.05) is 18.5 Å². The van der Waals surface area contributed by atoms with E-state index >= 15 is 0 Å². The van der Waals surface area contributed by atoms with E-state index in [2.05, 4.69) is 79.1 Å². The molecule has 102 valence electrons. The van der Waals surface area contributed by atoms with Crippen molar-refractivity contribution >= 4 is 21.6 Å². The third-order valence-electron chi connectivity index (χ3n) is 3.60. The van der Waals surface area contributed by atoms with Gasteiger partial charge in [-0.2, -0.15) is 0 Å². The number of hydrogen-bond donors (Lipinski definition) is 1. The van der Waals surface area contributed by atoms with Crippen molar-refractivity contribution in [3.63, 3.8) is 0 Å². The summed E-state index contributed by atoms with van der Waals surface area (Å²) in [5.74, 6) is 0. The topological polar surface area (TPSA) is 15.3 Å². The molecule has 0 spiro atoms. The Morgan fingerprint density at radius 1 is 1.28 bits per heavy atom. The molecular formula is C15H25BrN2. The lowest BCUT2D eigenvalue weighted by molar-refractivity contribution is 0.590. The van der Waals surface area contributed by atoms with Gasteiger partial charge in [-0.3, -0.25) is 0 Å². The maximum absolute atomic E-state index is 3.58. The van der Waals surface area contributed by atoms with Gasteiger partial charge in [-0.05, 0) is 44.5 Å². The van der Waals surface area contributed by atoms with E-state index in [-0.39, 0.29) is 0 Å². The van der Waals surface area contributed by atoms with E-state index < -0.39 is 0 Å². The molecule has 1 aromatic rings. The first kappa shape index (κ1) is 15.5. The van der Waals surface area contributed by atoms with E-state index in [1.54, 1.807) is 0 Å². The van der Waals surface area contributed by atoms with Gasteiger partial charge in [-0.15, -0.1) is 0 Å². The van der Waals surface area contributed by atoms with Crippen LogP contribution < -0.4 is 10.2 Å². The summed E-state index contributed by atoms with van der Waals surface area (Å²) in [6.07, 6.45) is 1.15. The quantitative estimate of drug-likeness (QED) is 0.840. The maximum atomic E-state index is 3.58. The Morgan fingerprint density at radius 3 is 2.50 bits per heavy atom. The van der Waals surface area contributed by atoms with Gasteiger partial charge in [0, 0.05) is 29.3 Å². The number of benzene rings is 1. The molecule has 0 aliphatic carbocycles. The van der Waals surface area contributed by atoms with Crippen molar-refractivity contribution in [3.05, 3.63) is 28.2 Å². The Balaban J connectivity index is 3.10. The predicted molar refractivity (Wildman–Crippen MR) is 84.4 cm³/mol. The maximum Gasteiger partial charge on any atom is 0.0425 e. The number of hydrogen-bond acceptors (Lipinski definition) is 2. The average molecular weight is 313 g/mol. The summed E-state index contributed by atoms with van der Waals surface area (Å²) in [7, 11) is 2.18. The van der Waals surface area contributed by atoms with E-state index in [1.807, 2.05) is 0 Å². The lowest BCUT2D eigenvalue weighted by atomic mass is 10.0. The average Bonchev–Trinajstić information content (AvgIpc) is 2.37. The van der Waals surface area contributed by atoms with Gasteiger partial charge in [0.2, 0.25) is 0 Å². The zero-order chi connectivity index (χ0) is 13.7. The van der Waals surface area contributed by atoms with E-state index in [1.165, 1.54) is 11.3 Å². The van der Waals surface area contributed by atoms with Gasteiger partial charge in [0.05, 0.1) is 0 Å². The highest BCUT2D eigenvalue weighted by Crippen LogP contribution is 2.30. The Morgan fingerprint density at radius 2 is 1.94 bits per heavy atom. The van der Waals surface area contributed by atoms with Crippen LogP contribution in [0.25, 0.3) is 0 Å². The molecule has 1 aromatic carbocycles. The highest BCUT2D eigenvalue weighted by atomic mass is 79.9. The minimum Gasteiger partial charge on any atom is -0.372 e. The molecule has 0 fully saturated rings. The van der Waals surface area contributed by atoms with Crippen LogP contribution in [0.5, 0.6) is 0 Å². The van der Waals surface area contributed by atoms with Crippen LogP contribution in [0.1, 0.15) is 45.7 Å². The van der Waals surface area contributed by atoms with Gasteiger partial charge in [-0.1, -0.05) is 35.8 Å². The highest BCUT2D eigenvalue weighted by Gasteiger charge is 2.16. The first-order valence-corrected chi connectivity index (χ1v) is 7.56. The van der Waals surface area contributed by atoms with Crippen LogP contribution in [0.2, 0.25) is 0 Å². The molecule has 2 nitrogen and oxygen atoms in total. The summed E-state index contributed by atoms with van der Waals surface area (Å²) >= 11 is 3.58. The van der Waals surface area contributed by atoms with Crippen LogP contribution in [-0.2, 0) is 0 Å². The predicted octanol–water partition coefficient (Wildman–Crippen LogP) is 4.35. The van der Waals surface area contributed by atoms with Crippen molar-refractivity contribution in [2.24, 2.45) is 0 Å². The third kappa shape index (κ3) is 3.72. The van der Waals surface area contributed by atoms with E-state index in [0.29, 0.717) is 12.1 Å². The summed E-state index contributed by atoms with van der Waals surface area (Å²) in [5.41, 5.74) is 2.68. The second-order valence-corrected chi connectivity index (χ2v) is 5.77. The Kier molecular flexibility index (Phi) is 6.16. The number of anilines is 1.